The Bertz CT molecular complexity index is 1890. The molecule has 0 saturated carbocycles. The number of fused-ring (bicyclic) bond motifs is 1. The third-order valence-corrected chi connectivity index (χ3v) is 5.75. The normalized spacial score (nSPS) is 11.7. The monoisotopic (exact) mass is 632 g/mol. The van der Waals surface area contributed by atoms with Crippen LogP contribution in [0.2, 0.25) is 0 Å². The molecule has 1 aliphatic rings. The van der Waals surface area contributed by atoms with Crippen molar-refractivity contribution in [2.24, 2.45) is 9.04 Å². The van der Waals surface area contributed by atoms with E-state index in [1.54, 1.807) is 29.2 Å². The highest BCUT2D eigenvalue weighted by Crippen LogP contribution is 2.39. The number of allylic oxidation sites excluding steroid dienone is 2. The highest BCUT2D eigenvalue weighted by Gasteiger charge is 2.22. The lowest BCUT2D eigenvalue weighted by Gasteiger charge is -2.09. The van der Waals surface area contributed by atoms with Crippen LogP contribution >= 0.6 is 0 Å². The predicted octanol–water partition coefficient (Wildman–Crippen LogP) is 3.69. The van der Waals surface area contributed by atoms with E-state index in [9.17, 15) is 46.5 Å². The summed E-state index contributed by atoms with van der Waals surface area (Å²) in [5, 5.41) is 28.9. The Labute approximate surface area is 241 Å². The largest absolute Gasteiger partial charge is 0.508 e. The van der Waals surface area contributed by atoms with Crippen LogP contribution in [-0.4, -0.2) is 54.1 Å². The fourth-order valence-electron chi connectivity index (χ4n) is 3.04. The molecule has 0 bridgehead atoms. The third kappa shape index (κ3) is 9.60. The molecule has 0 unspecified atom stereocenters. The summed E-state index contributed by atoms with van der Waals surface area (Å²) in [7, 11) is -9.16. The first kappa shape index (κ1) is 33.3. The molecule has 0 heterocycles. The smallest absolute Gasteiger partial charge is 0.403 e. The fourth-order valence-corrected chi connectivity index (χ4v) is 3.62. The summed E-state index contributed by atoms with van der Waals surface area (Å²) < 4.78 is 57.4. The lowest BCUT2D eigenvalue weighted by atomic mass is 9.95. The van der Waals surface area contributed by atoms with Crippen LogP contribution in [0.25, 0.3) is 20.9 Å². The van der Waals surface area contributed by atoms with Gasteiger partial charge in [0.1, 0.15) is 5.75 Å². The van der Waals surface area contributed by atoms with Gasteiger partial charge in [0.25, 0.3) is 0 Å². The second kappa shape index (κ2) is 14.1. The molecule has 222 valence electrons. The van der Waals surface area contributed by atoms with Crippen LogP contribution in [0.1, 0.15) is 36.6 Å². The molecule has 43 heavy (non-hydrogen) atoms. The first-order chi connectivity index (χ1) is 20.1. The molecule has 0 spiro atoms. The molecule has 3 aromatic rings. The minimum atomic E-state index is -4.69. The number of hydrogen-bond donors (Lipinski definition) is 4. The van der Waals surface area contributed by atoms with Gasteiger partial charge in [0.15, 0.2) is 28.8 Å². The number of rotatable bonds is 6. The molecule has 0 radical (unpaired) electrons. The molecule has 18 nitrogen and oxygen atoms in total. The van der Waals surface area contributed by atoms with E-state index in [0.717, 1.165) is 12.1 Å². The van der Waals surface area contributed by atoms with Crippen LogP contribution in [0, 0.1) is 0 Å². The maximum atomic E-state index is 12.3. The molecule has 20 heteroatoms. The summed E-state index contributed by atoms with van der Waals surface area (Å²) in [6.07, 6.45) is 2.62. The average Bonchev–Trinajstić information content (AvgIpc) is 2.94. The lowest BCUT2D eigenvalue weighted by molar-refractivity contribution is 0.0994. The number of hydrogen-bond acceptors (Lipinski definition) is 11. The van der Waals surface area contributed by atoms with Crippen molar-refractivity contribution >= 4 is 38.0 Å². The number of carbonyl (C=O) groups is 3. The summed E-state index contributed by atoms with van der Waals surface area (Å²) in [6.45, 7) is 0. The van der Waals surface area contributed by atoms with Gasteiger partial charge < -0.3 is 19.5 Å². The number of azide groups is 2. The van der Waals surface area contributed by atoms with Crippen molar-refractivity contribution in [3.05, 3.63) is 116 Å². The summed E-state index contributed by atoms with van der Waals surface area (Å²) in [6, 6.07) is 13.9. The summed E-state index contributed by atoms with van der Waals surface area (Å²) in [5.74, 6) is -3.59. The van der Waals surface area contributed by atoms with Gasteiger partial charge in [-0.1, -0.05) is 24.3 Å². The molecule has 3 aromatic carbocycles. The van der Waals surface area contributed by atoms with Crippen molar-refractivity contribution in [3.63, 3.8) is 0 Å². The van der Waals surface area contributed by atoms with Gasteiger partial charge in [-0.05, 0) is 59.6 Å². The van der Waals surface area contributed by atoms with E-state index in [1.165, 1.54) is 36.4 Å². The lowest BCUT2D eigenvalue weighted by Crippen LogP contribution is -2.10. The summed E-state index contributed by atoms with van der Waals surface area (Å²) in [5.41, 5.74) is 16.2. The first-order valence-corrected chi connectivity index (χ1v) is 13.7. The Morgan fingerprint density at radius 2 is 1.26 bits per heavy atom. The highest BCUT2D eigenvalue weighted by molar-refractivity contribution is 7.85. The Kier molecular flexibility index (Phi) is 10.9. The minimum Gasteiger partial charge on any atom is -0.508 e. The SMILES string of the molecule is O=C1C=CC(=O)c2ccccc21.[N-]=[N+]=NS(=O)(=O)O.[N-]=[N+]=NS(=O)(=O)Oc1ccc(C(=O)c2ccc(O)cc2)c(O)c1O. The zero-order valence-electron chi connectivity index (χ0n) is 21.0. The van der Waals surface area contributed by atoms with Gasteiger partial charge in [-0.25, -0.2) is 0 Å². The van der Waals surface area contributed by atoms with Crippen molar-refractivity contribution in [3.8, 4) is 23.0 Å². The van der Waals surface area contributed by atoms with Crippen molar-refractivity contribution in [2.45, 2.75) is 0 Å². The maximum absolute atomic E-state index is 12.3. The highest BCUT2D eigenvalue weighted by atomic mass is 32.2. The molecule has 0 atom stereocenters. The molecule has 4 N–H and O–H groups in total. The van der Waals surface area contributed by atoms with Gasteiger partial charge in [-0.3, -0.25) is 18.9 Å². The minimum absolute atomic E-state index is 0.0642. The molecule has 0 saturated heterocycles. The van der Waals surface area contributed by atoms with E-state index < -0.39 is 43.6 Å². The van der Waals surface area contributed by atoms with E-state index in [2.05, 4.69) is 8.70 Å². The van der Waals surface area contributed by atoms with E-state index in [-0.39, 0.29) is 28.4 Å². The van der Waals surface area contributed by atoms with E-state index in [0.29, 0.717) is 11.1 Å². The Morgan fingerprint density at radius 3 is 1.70 bits per heavy atom. The number of nitrogens with zero attached hydrogens (tertiary/aromatic N) is 6. The first-order valence-electron chi connectivity index (χ1n) is 10.9. The molecule has 1 aliphatic carbocycles. The van der Waals surface area contributed by atoms with Gasteiger partial charge in [0, 0.05) is 26.5 Å². The summed E-state index contributed by atoms with van der Waals surface area (Å²) >= 11 is 0. The van der Waals surface area contributed by atoms with Crippen LogP contribution < -0.4 is 4.18 Å². The van der Waals surface area contributed by atoms with Crippen molar-refractivity contribution in [1.82, 2.24) is 0 Å². The van der Waals surface area contributed by atoms with Crippen molar-refractivity contribution in [1.29, 1.82) is 0 Å². The quantitative estimate of drug-likeness (QED) is 0.0755. The Balaban J connectivity index is 0.000000279. The maximum Gasteiger partial charge on any atom is 0.403 e. The van der Waals surface area contributed by atoms with Crippen molar-refractivity contribution in [2.75, 3.05) is 0 Å². The summed E-state index contributed by atoms with van der Waals surface area (Å²) in [4.78, 5) is 38.5. The van der Waals surface area contributed by atoms with Gasteiger partial charge in [0.05, 0.1) is 14.6 Å². The van der Waals surface area contributed by atoms with Crippen LogP contribution in [0.4, 0.5) is 0 Å². The van der Waals surface area contributed by atoms with E-state index in [1.807, 2.05) is 9.43 Å². The molecular formula is C23H16N6O12S2. The van der Waals surface area contributed by atoms with Crippen LogP contribution in [0.15, 0.2) is 81.9 Å². The fraction of sp³-hybridized carbons (Fsp3) is 0. The molecule has 0 fully saturated rings. The van der Waals surface area contributed by atoms with Gasteiger partial charge in [0.2, 0.25) is 5.75 Å². The van der Waals surface area contributed by atoms with E-state index in [4.69, 9.17) is 15.6 Å². The third-order valence-electron chi connectivity index (χ3n) is 4.80. The molecular weight excluding hydrogens is 616 g/mol. The Morgan fingerprint density at radius 1 is 0.744 bits per heavy atom. The van der Waals surface area contributed by atoms with Gasteiger partial charge >= 0.3 is 20.6 Å². The predicted molar refractivity (Wildman–Crippen MR) is 145 cm³/mol. The standard InChI is InChI=1S/C13H9N3O7S.C10H6O2.HN3O3S/c14-15-16-24(21,22)23-10-6-5-9(12(19)13(10)20)11(18)7-1-3-8(17)4-2-7;11-9-5-6-10(12)8-4-2-1-3-7(8)9;1-2-3-7(4,5)6/h1-6,17,19-20H;1-6H;(H,4,5,6). The van der Waals surface area contributed by atoms with Gasteiger partial charge in [-0.2, -0.15) is 16.8 Å². The zero-order valence-corrected chi connectivity index (χ0v) is 22.6. The van der Waals surface area contributed by atoms with Crippen LogP contribution in [0.5, 0.6) is 23.0 Å². The van der Waals surface area contributed by atoms with Gasteiger partial charge in [-0.15, -0.1) is 0 Å². The topological polar surface area (TPSA) is 307 Å². The second-order valence-electron chi connectivity index (χ2n) is 7.59. The number of phenolic OH excluding ortho intramolecular Hbond substituents is 3. The van der Waals surface area contributed by atoms with E-state index >= 15 is 0 Å². The molecule has 0 aliphatic heterocycles. The average molecular weight is 633 g/mol. The number of phenols is 3. The molecule has 4 rings (SSSR count). The number of benzene rings is 3. The number of aromatic hydroxyl groups is 3. The van der Waals surface area contributed by atoms with Crippen molar-refractivity contribution < 1.29 is 55.3 Å². The molecule has 0 aromatic heterocycles. The number of ketones is 3. The second-order valence-corrected chi connectivity index (χ2v) is 9.84. The van der Waals surface area contributed by atoms with Crippen LogP contribution in [0.3, 0.4) is 0 Å². The zero-order chi connectivity index (χ0) is 32.4. The molecule has 0 amide bonds. The van der Waals surface area contributed by atoms with Crippen LogP contribution in [-0.2, 0) is 20.6 Å². The number of carbonyl (C=O) groups excluding carboxylic acids is 3. The Hall–Kier alpha value is -5.91.